The van der Waals surface area contributed by atoms with E-state index >= 15 is 0 Å². The molecule has 1 saturated carbocycles. The van der Waals surface area contributed by atoms with E-state index in [4.69, 9.17) is 0 Å². The summed E-state index contributed by atoms with van der Waals surface area (Å²) in [5.41, 5.74) is 1.44. The topological polar surface area (TPSA) is 44.4 Å². The van der Waals surface area contributed by atoms with Gasteiger partial charge in [0.25, 0.3) is 0 Å². The molecule has 1 fully saturated rings. The Morgan fingerprint density at radius 3 is 2.38 bits per heavy atom. The molecule has 0 heterocycles. The van der Waals surface area contributed by atoms with Gasteiger partial charge in [0.1, 0.15) is 0 Å². The molecule has 1 aliphatic carbocycles. The SMILES string of the molecule is CN(C)CC(=O)Nc1ccc(N[C@H]2CCC[C@H](C(F)(F)F)C2)cc1. The van der Waals surface area contributed by atoms with Crippen LogP contribution in [0.2, 0.25) is 0 Å². The number of carbonyl (C=O) groups excluding carboxylic acids is 1. The van der Waals surface area contributed by atoms with Crippen molar-refractivity contribution in [1.82, 2.24) is 4.90 Å². The summed E-state index contributed by atoms with van der Waals surface area (Å²) < 4.78 is 38.5. The zero-order valence-corrected chi connectivity index (χ0v) is 14.0. The lowest BCUT2D eigenvalue weighted by Gasteiger charge is -2.31. The predicted molar refractivity (Wildman–Crippen MR) is 89.0 cm³/mol. The van der Waals surface area contributed by atoms with Crippen LogP contribution < -0.4 is 10.6 Å². The summed E-state index contributed by atoms with van der Waals surface area (Å²) in [5.74, 6) is -1.32. The molecule has 24 heavy (non-hydrogen) atoms. The van der Waals surface area contributed by atoms with Crippen molar-refractivity contribution in [3.05, 3.63) is 24.3 Å². The second kappa shape index (κ2) is 7.88. The number of amides is 1. The molecular weight excluding hydrogens is 319 g/mol. The van der Waals surface area contributed by atoms with Gasteiger partial charge in [0.05, 0.1) is 12.5 Å². The molecule has 0 aromatic heterocycles. The summed E-state index contributed by atoms with van der Waals surface area (Å²) in [5, 5.41) is 5.95. The number of halogens is 3. The van der Waals surface area contributed by atoms with E-state index in [9.17, 15) is 18.0 Å². The van der Waals surface area contributed by atoms with Crippen molar-refractivity contribution < 1.29 is 18.0 Å². The number of anilines is 2. The summed E-state index contributed by atoms with van der Waals surface area (Å²) in [6, 6.07) is 6.89. The Kier molecular flexibility index (Phi) is 6.10. The van der Waals surface area contributed by atoms with Crippen LogP contribution in [0, 0.1) is 5.92 Å². The fourth-order valence-corrected chi connectivity index (χ4v) is 2.99. The second-order valence-corrected chi connectivity index (χ2v) is 6.61. The molecule has 0 radical (unpaired) electrons. The van der Waals surface area contributed by atoms with Gasteiger partial charge in [-0.25, -0.2) is 0 Å². The summed E-state index contributed by atoms with van der Waals surface area (Å²) in [6.07, 6.45) is -2.45. The quantitative estimate of drug-likeness (QED) is 0.856. The minimum Gasteiger partial charge on any atom is -0.382 e. The van der Waals surface area contributed by atoms with Crippen LogP contribution >= 0.6 is 0 Å². The minimum atomic E-state index is -4.11. The third kappa shape index (κ3) is 5.70. The van der Waals surface area contributed by atoms with E-state index in [1.165, 1.54) is 0 Å². The van der Waals surface area contributed by atoms with Gasteiger partial charge in [-0.3, -0.25) is 4.79 Å². The molecule has 2 atom stereocenters. The largest absolute Gasteiger partial charge is 0.391 e. The molecule has 7 heteroatoms. The van der Waals surface area contributed by atoms with Crippen LogP contribution in [-0.4, -0.2) is 43.7 Å². The number of likely N-dealkylation sites (N-methyl/N-ethyl adjacent to an activating group) is 1. The van der Waals surface area contributed by atoms with Crippen molar-refractivity contribution in [3.63, 3.8) is 0 Å². The lowest BCUT2D eigenvalue weighted by Crippen LogP contribution is -2.34. The van der Waals surface area contributed by atoms with Gasteiger partial charge in [-0.15, -0.1) is 0 Å². The molecule has 4 nitrogen and oxygen atoms in total. The molecule has 1 amide bonds. The Morgan fingerprint density at radius 1 is 1.17 bits per heavy atom. The fourth-order valence-electron chi connectivity index (χ4n) is 2.99. The number of benzene rings is 1. The van der Waals surface area contributed by atoms with Crippen molar-refractivity contribution in [3.8, 4) is 0 Å². The average molecular weight is 343 g/mol. The summed E-state index contributed by atoms with van der Waals surface area (Å²) >= 11 is 0. The molecular formula is C17H24F3N3O. The standard InChI is InChI=1S/C17H24F3N3O/c1-23(2)11-16(24)22-14-8-6-13(7-9-14)21-15-5-3-4-12(10-15)17(18,19)20/h6-9,12,15,21H,3-5,10-11H2,1-2H3,(H,22,24)/t12-,15-/m0/s1. The van der Waals surface area contributed by atoms with Crippen LogP contribution in [0.5, 0.6) is 0 Å². The Morgan fingerprint density at radius 2 is 1.79 bits per heavy atom. The summed E-state index contributed by atoms with van der Waals surface area (Å²) in [4.78, 5) is 13.4. The lowest BCUT2D eigenvalue weighted by molar-refractivity contribution is -0.182. The van der Waals surface area contributed by atoms with E-state index in [0.717, 1.165) is 12.1 Å². The van der Waals surface area contributed by atoms with Gasteiger partial charge >= 0.3 is 6.18 Å². The van der Waals surface area contributed by atoms with Gasteiger partial charge in [-0.2, -0.15) is 13.2 Å². The first-order valence-electron chi connectivity index (χ1n) is 8.12. The maximum Gasteiger partial charge on any atom is 0.391 e. The first kappa shape index (κ1) is 18.6. The number of nitrogens with one attached hydrogen (secondary N) is 2. The first-order chi connectivity index (χ1) is 11.2. The van der Waals surface area contributed by atoms with Gasteiger partial charge in [0, 0.05) is 17.4 Å². The van der Waals surface area contributed by atoms with Crippen LogP contribution in [0.3, 0.4) is 0 Å². The molecule has 0 unspecified atom stereocenters. The third-order valence-electron chi connectivity index (χ3n) is 4.14. The van der Waals surface area contributed by atoms with Gasteiger partial charge in [-0.05, 0) is 57.6 Å². The van der Waals surface area contributed by atoms with Crippen LogP contribution in [-0.2, 0) is 4.79 Å². The average Bonchev–Trinajstić information content (AvgIpc) is 2.48. The smallest absolute Gasteiger partial charge is 0.382 e. The molecule has 1 aromatic rings. The van der Waals surface area contributed by atoms with Gasteiger partial charge < -0.3 is 15.5 Å². The van der Waals surface area contributed by atoms with Crippen LogP contribution in [0.4, 0.5) is 24.5 Å². The van der Waals surface area contributed by atoms with E-state index in [2.05, 4.69) is 10.6 Å². The van der Waals surface area contributed by atoms with E-state index < -0.39 is 12.1 Å². The highest BCUT2D eigenvalue weighted by atomic mass is 19.4. The molecule has 1 aromatic carbocycles. The third-order valence-corrected chi connectivity index (χ3v) is 4.14. The minimum absolute atomic E-state index is 0.110. The Balaban J connectivity index is 1.88. The van der Waals surface area contributed by atoms with Crippen molar-refractivity contribution in [2.24, 2.45) is 5.92 Å². The summed E-state index contributed by atoms with van der Waals surface area (Å²) in [7, 11) is 3.62. The summed E-state index contributed by atoms with van der Waals surface area (Å²) in [6.45, 7) is 0.293. The molecule has 0 spiro atoms. The first-order valence-corrected chi connectivity index (χ1v) is 8.12. The molecule has 2 rings (SSSR count). The molecule has 0 aliphatic heterocycles. The molecule has 0 bridgehead atoms. The van der Waals surface area contributed by atoms with Crippen LogP contribution in [0.25, 0.3) is 0 Å². The lowest BCUT2D eigenvalue weighted by atomic mass is 9.85. The second-order valence-electron chi connectivity index (χ2n) is 6.61. The number of hydrogen-bond donors (Lipinski definition) is 2. The Labute approximate surface area is 140 Å². The zero-order chi connectivity index (χ0) is 17.7. The predicted octanol–water partition coefficient (Wildman–Crippen LogP) is 3.72. The maximum atomic E-state index is 12.8. The van der Waals surface area contributed by atoms with Crippen molar-refractivity contribution in [2.45, 2.75) is 37.9 Å². The Bertz CT molecular complexity index is 543. The number of alkyl halides is 3. The number of rotatable bonds is 5. The number of hydrogen-bond acceptors (Lipinski definition) is 3. The molecule has 2 N–H and O–H groups in total. The maximum absolute atomic E-state index is 12.8. The van der Waals surface area contributed by atoms with Gasteiger partial charge in [0.2, 0.25) is 5.91 Å². The normalized spacial score (nSPS) is 21.6. The van der Waals surface area contributed by atoms with E-state index in [1.807, 2.05) is 14.1 Å². The van der Waals surface area contributed by atoms with Crippen molar-refractivity contribution in [1.29, 1.82) is 0 Å². The highest BCUT2D eigenvalue weighted by Gasteiger charge is 2.42. The van der Waals surface area contributed by atoms with Crippen LogP contribution in [0.15, 0.2) is 24.3 Å². The van der Waals surface area contributed by atoms with Gasteiger partial charge in [0.15, 0.2) is 0 Å². The zero-order valence-electron chi connectivity index (χ0n) is 14.0. The van der Waals surface area contributed by atoms with Crippen LogP contribution in [0.1, 0.15) is 25.7 Å². The molecule has 0 saturated heterocycles. The Hall–Kier alpha value is -1.76. The number of carbonyl (C=O) groups is 1. The molecule has 134 valence electrons. The highest BCUT2D eigenvalue weighted by molar-refractivity contribution is 5.92. The highest BCUT2D eigenvalue weighted by Crippen LogP contribution is 2.38. The van der Waals surface area contributed by atoms with E-state index in [-0.39, 0.29) is 24.8 Å². The van der Waals surface area contributed by atoms with Gasteiger partial charge in [-0.1, -0.05) is 6.42 Å². The van der Waals surface area contributed by atoms with E-state index in [1.54, 1.807) is 29.2 Å². The van der Waals surface area contributed by atoms with E-state index in [0.29, 0.717) is 18.7 Å². The molecule has 1 aliphatic rings. The monoisotopic (exact) mass is 343 g/mol. The number of nitrogens with zero attached hydrogens (tertiary/aromatic N) is 1. The van der Waals surface area contributed by atoms with Crippen molar-refractivity contribution >= 4 is 17.3 Å². The van der Waals surface area contributed by atoms with Crippen molar-refractivity contribution in [2.75, 3.05) is 31.3 Å². The fraction of sp³-hybridized carbons (Fsp3) is 0.588.